The van der Waals surface area contributed by atoms with Crippen LogP contribution in [0.25, 0.3) is 22.3 Å². The summed E-state index contributed by atoms with van der Waals surface area (Å²) in [4.78, 5) is 31.1. The summed E-state index contributed by atoms with van der Waals surface area (Å²) in [5.41, 5.74) is 4.87. The molecule has 0 aliphatic heterocycles. The molecule has 0 N–H and O–H groups in total. The highest BCUT2D eigenvalue weighted by Gasteiger charge is 2.14. The van der Waals surface area contributed by atoms with Crippen LogP contribution in [-0.4, -0.2) is 48.3 Å². The molecule has 0 saturated heterocycles. The van der Waals surface area contributed by atoms with Crippen LogP contribution in [0.4, 0.5) is 8.78 Å². The van der Waals surface area contributed by atoms with Crippen LogP contribution in [0.3, 0.4) is 0 Å². The number of halogens is 2. The van der Waals surface area contributed by atoms with Gasteiger partial charge in [-0.25, -0.2) is 9.97 Å². The number of esters is 2. The van der Waals surface area contributed by atoms with Gasteiger partial charge in [0, 0.05) is 37.4 Å². The summed E-state index contributed by atoms with van der Waals surface area (Å²) in [6.07, 6.45) is 8.93. The van der Waals surface area contributed by atoms with Gasteiger partial charge in [0.15, 0.2) is 0 Å². The van der Waals surface area contributed by atoms with E-state index in [-0.39, 0.29) is 24.8 Å². The molecule has 2 aromatic carbocycles. The number of ether oxygens (including phenoxy) is 4. The van der Waals surface area contributed by atoms with E-state index < -0.39 is 11.9 Å². The minimum absolute atomic E-state index is 0.241. The van der Waals surface area contributed by atoms with E-state index in [1.165, 1.54) is 24.5 Å². The van der Waals surface area contributed by atoms with Crippen molar-refractivity contribution in [2.24, 2.45) is 0 Å². The molecule has 0 atom stereocenters. The number of aromatic nitrogens is 2. The molecule has 8 nitrogen and oxygen atoms in total. The summed E-state index contributed by atoms with van der Waals surface area (Å²) in [5.74, 6) is -0.330. The van der Waals surface area contributed by atoms with Crippen LogP contribution >= 0.6 is 0 Å². The topological polar surface area (TPSA) is 96.8 Å². The summed E-state index contributed by atoms with van der Waals surface area (Å²) < 4.78 is 50.1. The number of nitrogens with zero attached hydrogens (tertiary/aromatic N) is 2. The van der Waals surface area contributed by atoms with Gasteiger partial charge >= 0.3 is 11.9 Å². The molecule has 4 rings (SSSR count). The molecular formula is C39H44F2N2O6. The van der Waals surface area contributed by atoms with Gasteiger partial charge in [-0.05, 0) is 116 Å². The van der Waals surface area contributed by atoms with Crippen molar-refractivity contribution in [2.45, 2.75) is 71.6 Å². The van der Waals surface area contributed by atoms with Crippen LogP contribution in [0.5, 0.6) is 11.5 Å². The highest BCUT2D eigenvalue weighted by Crippen LogP contribution is 2.32. The summed E-state index contributed by atoms with van der Waals surface area (Å²) in [5, 5.41) is 0. The van der Waals surface area contributed by atoms with Crippen molar-refractivity contribution in [3.8, 4) is 33.8 Å². The number of pyridine rings is 2. The molecule has 0 amide bonds. The third-order valence-electron chi connectivity index (χ3n) is 7.84. The molecule has 4 aromatic rings. The Kier molecular flexibility index (Phi) is 15.0. The van der Waals surface area contributed by atoms with Crippen LogP contribution in [0, 0.1) is 11.9 Å². The Balaban J connectivity index is 1.32. The second-order valence-corrected chi connectivity index (χ2v) is 11.4. The predicted octanol–water partition coefficient (Wildman–Crippen LogP) is 8.49. The summed E-state index contributed by atoms with van der Waals surface area (Å²) in [7, 11) is 0. The lowest BCUT2D eigenvalue weighted by Gasteiger charge is -2.16. The number of hydrogen-bond acceptors (Lipinski definition) is 8. The first-order chi connectivity index (χ1) is 23.9. The van der Waals surface area contributed by atoms with Gasteiger partial charge in [0.25, 0.3) is 0 Å². The number of benzene rings is 2. The molecule has 0 fully saturated rings. The molecule has 0 spiro atoms. The minimum Gasteiger partial charge on any atom is -0.494 e. The number of aryl methyl sites for hydroxylation is 1. The lowest BCUT2D eigenvalue weighted by atomic mass is 9.96. The summed E-state index contributed by atoms with van der Waals surface area (Å²) >= 11 is 0. The number of carbonyl (C=O) groups excluding carboxylic acids is 2. The third kappa shape index (κ3) is 12.3. The van der Waals surface area contributed by atoms with Crippen molar-refractivity contribution in [1.29, 1.82) is 0 Å². The van der Waals surface area contributed by atoms with Gasteiger partial charge in [0.2, 0.25) is 11.9 Å². The quantitative estimate of drug-likeness (QED) is 0.0523. The predicted molar refractivity (Wildman–Crippen MR) is 183 cm³/mol. The van der Waals surface area contributed by atoms with E-state index in [4.69, 9.17) is 18.9 Å². The molecule has 10 heteroatoms. The molecule has 0 bridgehead atoms. The van der Waals surface area contributed by atoms with Gasteiger partial charge in [0.05, 0.1) is 26.4 Å². The highest BCUT2D eigenvalue weighted by molar-refractivity contribution is 5.75. The van der Waals surface area contributed by atoms with E-state index in [1.54, 1.807) is 26.0 Å². The molecule has 0 radical (unpaired) electrons. The number of hydrogen-bond donors (Lipinski definition) is 0. The molecule has 0 saturated carbocycles. The zero-order valence-corrected chi connectivity index (χ0v) is 28.2. The molecule has 0 unspecified atom stereocenters. The van der Waals surface area contributed by atoms with Gasteiger partial charge in [-0.2, -0.15) is 8.78 Å². The fourth-order valence-electron chi connectivity index (χ4n) is 5.50. The van der Waals surface area contributed by atoms with Crippen LogP contribution in [0.2, 0.25) is 0 Å². The maximum absolute atomic E-state index is 13.9. The number of rotatable bonds is 20. The van der Waals surface area contributed by atoms with Gasteiger partial charge in [-0.1, -0.05) is 25.0 Å². The molecule has 0 aliphatic carbocycles. The Morgan fingerprint density at radius 1 is 0.633 bits per heavy atom. The van der Waals surface area contributed by atoms with Crippen molar-refractivity contribution in [2.75, 3.05) is 26.4 Å². The standard InChI is InChI=1S/C39H44F2N2O6/c1-3-46-38(44)14-10-22-49-35-13-9-12-28(34(35)15-16-39(45)47-4-2)11-7-5-6-8-21-48-33-24-31(29-17-19-42-36(40)26-29)23-32(25-33)30-18-20-43-37(41)27-30/h9,12-13,17-20,23-27H,3-8,10-11,14-16,21-22H2,1-2H3. The third-order valence-corrected chi connectivity index (χ3v) is 7.84. The Bertz CT molecular complexity index is 1600. The van der Waals surface area contributed by atoms with Gasteiger partial charge < -0.3 is 18.9 Å². The zero-order valence-electron chi connectivity index (χ0n) is 28.2. The van der Waals surface area contributed by atoms with Crippen LogP contribution in [0.15, 0.2) is 73.1 Å². The molecule has 260 valence electrons. The van der Waals surface area contributed by atoms with Crippen molar-refractivity contribution < 1.29 is 37.3 Å². The number of carbonyl (C=O) groups is 2. The smallest absolute Gasteiger partial charge is 0.306 e. The largest absolute Gasteiger partial charge is 0.494 e. The molecular weight excluding hydrogens is 630 g/mol. The lowest BCUT2D eigenvalue weighted by molar-refractivity contribution is -0.144. The fourth-order valence-corrected chi connectivity index (χ4v) is 5.50. The van der Waals surface area contributed by atoms with Crippen LogP contribution in [0.1, 0.15) is 69.9 Å². The van der Waals surface area contributed by atoms with E-state index in [0.29, 0.717) is 56.1 Å². The average Bonchev–Trinajstić information content (AvgIpc) is 3.09. The molecule has 49 heavy (non-hydrogen) atoms. The molecule has 2 heterocycles. The summed E-state index contributed by atoms with van der Waals surface area (Å²) in [6, 6.07) is 17.6. The molecule has 2 aromatic heterocycles. The van der Waals surface area contributed by atoms with E-state index >= 15 is 0 Å². The average molecular weight is 675 g/mol. The van der Waals surface area contributed by atoms with E-state index in [2.05, 4.69) is 16.0 Å². The summed E-state index contributed by atoms with van der Waals surface area (Å²) in [6.45, 7) is 5.12. The molecule has 0 aliphatic rings. The maximum Gasteiger partial charge on any atom is 0.306 e. The fraction of sp³-hybridized carbons (Fsp3) is 0.385. The van der Waals surface area contributed by atoms with Gasteiger partial charge in [-0.3, -0.25) is 9.59 Å². The Morgan fingerprint density at radius 2 is 1.24 bits per heavy atom. The first kappa shape index (κ1) is 37.0. The van der Waals surface area contributed by atoms with Gasteiger partial charge in [-0.15, -0.1) is 0 Å². The van der Waals surface area contributed by atoms with E-state index in [9.17, 15) is 18.4 Å². The van der Waals surface area contributed by atoms with Crippen LogP contribution < -0.4 is 9.47 Å². The first-order valence-corrected chi connectivity index (χ1v) is 16.9. The zero-order chi connectivity index (χ0) is 34.8. The van der Waals surface area contributed by atoms with E-state index in [0.717, 1.165) is 60.1 Å². The van der Waals surface area contributed by atoms with Crippen molar-refractivity contribution in [3.05, 3.63) is 96.1 Å². The Morgan fingerprint density at radius 3 is 1.88 bits per heavy atom. The lowest BCUT2D eigenvalue weighted by Crippen LogP contribution is -2.10. The SMILES string of the molecule is CCOC(=O)CCCOc1cccc(CCCCCCOc2cc(-c3ccnc(F)c3)cc(-c3ccnc(F)c3)c2)c1CCC(=O)OCC. The van der Waals surface area contributed by atoms with Crippen LogP contribution in [-0.2, 0) is 31.9 Å². The van der Waals surface area contributed by atoms with Gasteiger partial charge in [0.1, 0.15) is 11.5 Å². The second kappa shape index (κ2) is 19.8. The van der Waals surface area contributed by atoms with Crippen molar-refractivity contribution in [3.63, 3.8) is 0 Å². The monoisotopic (exact) mass is 674 g/mol. The Labute approximate surface area is 286 Å². The maximum atomic E-state index is 13.9. The Hall–Kier alpha value is -4.86. The first-order valence-electron chi connectivity index (χ1n) is 16.9. The number of unbranched alkanes of at least 4 members (excludes halogenated alkanes) is 3. The normalized spacial score (nSPS) is 10.9. The highest BCUT2D eigenvalue weighted by atomic mass is 19.1. The van der Waals surface area contributed by atoms with E-state index in [1.807, 2.05) is 30.3 Å². The second-order valence-electron chi connectivity index (χ2n) is 11.4. The van der Waals surface area contributed by atoms with Crippen molar-refractivity contribution in [1.82, 2.24) is 9.97 Å². The minimum atomic E-state index is -0.586. The van der Waals surface area contributed by atoms with Crippen molar-refractivity contribution >= 4 is 11.9 Å².